The molecule has 0 spiro atoms. The summed E-state index contributed by atoms with van der Waals surface area (Å²) in [5.41, 5.74) is 0.756. The van der Waals surface area contributed by atoms with E-state index < -0.39 is 34.3 Å². The average Bonchev–Trinajstić information content (AvgIpc) is 2.79. The van der Waals surface area contributed by atoms with Crippen LogP contribution in [0.1, 0.15) is 32.8 Å². The van der Waals surface area contributed by atoms with Crippen LogP contribution in [0.15, 0.2) is 48.5 Å². The summed E-state index contributed by atoms with van der Waals surface area (Å²) in [7, 11) is -2.37. The molecule has 2 aromatic rings. The Kier molecular flexibility index (Phi) is 9.43. The fourth-order valence-electron chi connectivity index (χ4n) is 3.22. The molecule has 0 aliphatic rings. The Morgan fingerprint density at radius 2 is 1.76 bits per heavy atom. The maximum absolute atomic E-state index is 13.8. The van der Waals surface area contributed by atoms with Crippen molar-refractivity contribution in [3.05, 3.63) is 59.9 Å². The number of hydrogen-bond acceptors (Lipinski definition) is 5. The molecule has 2 rings (SSSR count). The van der Waals surface area contributed by atoms with Crippen molar-refractivity contribution in [2.75, 3.05) is 24.2 Å². The Hall–Kier alpha value is -3.14. The lowest BCUT2D eigenvalue weighted by Crippen LogP contribution is -2.52. The van der Waals surface area contributed by atoms with E-state index in [1.165, 1.54) is 23.1 Å². The van der Waals surface area contributed by atoms with Crippen LogP contribution in [0.25, 0.3) is 0 Å². The van der Waals surface area contributed by atoms with Crippen LogP contribution in [0.2, 0.25) is 0 Å². The van der Waals surface area contributed by atoms with Crippen molar-refractivity contribution in [3.63, 3.8) is 0 Å². The number of nitrogens with zero attached hydrogens (tertiary/aromatic N) is 2. The van der Waals surface area contributed by atoms with Crippen molar-refractivity contribution < 1.29 is 27.1 Å². The van der Waals surface area contributed by atoms with Gasteiger partial charge in [-0.15, -0.1) is 0 Å². The molecule has 186 valence electrons. The van der Waals surface area contributed by atoms with Crippen molar-refractivity contribution in [3.8, 4) is 5.75 Å². The molecule has 10 heteroatoms. The van der Waals surface area contributed by atoms with Gasteiger partial charge in [0.2, 0.25) is 21.8 Å². The molecule has 8 nitrogen and oxygen atoms in total. The lowest BCUT2D eigenvalue weighted by atomic mass is 10.1. The van der Waals surface area contributed by atoms with Gasteiger partial charge in [0.05, 0.1) is 19.1 Å². The van der Waals surface area contributed by atoms with Gasteiger partial charge in [0, 0.05) is 12.6 Å². The maximum Gasteiger partial charge on any atom is 0.244 e. The number of sulfonamides is 1. The fourth-order valence-corrected chi connectivity index (χ4v) is 4.06. The molecule has 34 heavy (non-hydrogen) atoms. The number of benzene rings is 2. The molecule has 2 aromatic carbocycles. The fraction of sp³-hybridized carbons (Fsp3) is 0.417. The molecular formula is C24H32FN3O5S. The number of rotatable bonds is 11. The number of anilines is 1. The van der Waals surface area contributed by atoms with Crippen molar-refractivity contribution in [2.24, 2.45) is 0 Å². The number of methoxy groups -OCH3 is 1. The summed E-state index contributed by atoms with van der Waals surface area (Å²) in [5.74, 6) is -0.946. The zero-order valence-corrected chi connectivity index (χ0v) is 20.9. The summed E-state index contributed by atoms with van der Waals surface area (Å²) < 4.78 is 44.7. The number of amides is 2. The third-order valence-electron chi connectivity index (χ3n) is 5.46. The number of hydrogen-bond donors (Lipinski definition) is 1. The molecule has 1 N–H and O–H groups in total. The van der Waals surface area contributed by atoms with Crippen LogP contribution in [0, 0.1) is 5.82 Å². The highest BCUT2D eigenvalue weighted by Crippen LogP contribution is 2.20. The monoisotopic (exact) mass is 493 g/mol. The SMILES string of the molecule is CC[C@H](C)NC(=O)[C@@H](C)N(Cc1ccc(OC)cc1)C(=O)CN(c1cccc(F)c1)S(C)(=O)=O. The lowest BCUT2D eigenvalue weighted by Gasteiger charge is -2.32. The van der Waals surface area contributed by atoms with E-state index in [2.05, 4.69) is 5.32 Å². The first kappa shape index (κ1) is 27.1. The summed E-state index contributed by atoms with van der Waals surface area (Å²) in [6.07, 6.45) is 1.66. The van der Waals surface area contributed by atoms with Gasteiger partial charge in [-0.1, -0.05) is 25.1 Å². The molecule has 0 aromatic heterocycles. The third-order valence-corrected chi connectivity index (χ3v) is 6.60. The van der Waals surface area contributed by atoms with Crippen molar-refractivity contribution in [1.82, 2.24) is 10.2 Å². The second-order valence-electron chi connectivity index (χ2n) is 8.11. The third kappa shape index (κ3) is 7.44. The molecule has 0 unspecified atom stereocenters. The molecule has 2 amide bonds. The Labute approximate surface area is 200 Å². The van der Waals surface area contributed by atoms with Crippen molar-refractivity contribution in [2.45, 2.75) is 45.8 Å². The van der Waals surface area contributed by atoms with Crippen LogP contribution < -0.4 is 14.4 Å². The van der Waals surface area contributed by atoms with Gasteiger partial charge in [-0.3, -0.25) is 13.9 Å². The van der Waals surface area contributed by atoms with Crippen LogP contribution in [-0.2, 0) is 26.2 Å². The van der Waals surface area contributed by atoms with Gasteiger partial charge in [0.25, 0.3) is 0 Å². The molecule has 0 fully saturated rings. The van der Waals surface area contributed by atoms with Gasteiger partial charge in [0.15, 0.2) is 0 Å². The summed E-state index contributed by atoms with van der Waals surface area (Å²) >= 11 is 0. The quantitative estimate of drug-likeness (QED) is 0.519. The summed E-state index contributed by atoms with van der Waals surface area (Å²) in [6.45, 7) is 4.86. The second-order valence-corrected chi connectivity index (χ2v) is 10.0. The minimum Gasteiger partial charge on any atom is -0.497 e. The first-order valence-corrected chi connectivity index (χ1v) is 12.8. The number of carbonyl (C=O) groups is 2. The van der Waals surface area contributed by atoms with E-state index in [0.717, 1.165) is 22.2 Å². The molecule has 0 heterocycles. The number of halogens is 1. The standard InChI is InChI=1S/C24H32FN3O5S/c1-6-17(2)26-24(30)18(3)27(15-19-10-12-22(33-4)13-11-19)23(29)16-28(34(5,31)32)21-9-7-8-20(25)14-21/h7-14,17-18H,6,15-16H2,1-5H3,(H,26,30)/t17-,18+/m0/s1. The molecule has 0 bridgehead atoms. The molecule has 0 aliphatic heterocycles. The number of carbonyl (C=O) groups excluding carboxylic acids is 2. The zero-order chi connectivity index (χ0) is 25.5. The Balaban J connectivity index is 2.37. The van der Waals surface area contributed by atoms with Crippen LogP contribution >= 0.6 is 0 Å². The molecule has 0 aliphatic carbocycles. The van der Waals surface area contributed by atoms with E-state index in [0.29, 0.717) is 12.2 Å². The van der Waals surface area contributed by atoms with Crippen LogP contribution in [0.3, 0.4) is 0 Å². The predicted molar refractivity (Wildman–Crippen MR) is 129 cm³/mol. The maximum atomic E-state index is 13.8. The van der Waals surface area contributed by atoms with Gasteiger partial charge in [-0.05, 0) is 56.2 Å². The summed E-state index contributed by atoms with van der Waals surface area (Å²) in [6, 6.07) is 11.0. The van der Waals surface area contributed by atoms with Gasteiger partial charge in [0.1, 0.15) is 24.2 Å². The highest BCUT2D eigenvalue weighted by Gasteiger charge is 2.30. The summed E-state index contributed by atoms with van der Waals surface area (Å²) in [5, 5.41) is 2.86. The minimum absolute atomic E-state index is 0.0250. The highest BCUT2D eigenvalue weighted by molar-refractivity contribution is 7.92. The van der Waals surface area contributed by atoms with E-state index in [4.69, 9.17) is 4.74 Å². The van der Waals surface area contributed by atoms with E-state index in [-0.39, 0.29) is 24.2 Å². The Morgan fingerprint density at radius 3 is 2.29 bits per heavy atom. The van der Waals surface area contributed by atoms with Gasteiger partial charge in [-0.25, -0.2) is 12.8 Å². The summed E-state index contributed by atoms with van der Waals surface area (Å²) in [4.78, 5) is 27.6. The van der Waals surface area contributed by atoms with E-state index in [1.807, 2.05) is 13.8 Å². The average molecular weight is 494 g/mol. The molecule has 0 saturated carbocycles. The van der Waals surface area contributed by atoms with Crippen molar-refractivity contribution in [1.29, 1.82) is 0 Å². The second kappa shape index (κ2) is 11.8. The minimum atomic E-state index is -3.91. The lowest BCUT2D eigenvalue weighted by molar-refractivity contribution is -0.139. The van der Waals surface area contributed by atoms with Gasteiger partial charge in [-0.2, -0.15) is 0 Å². The Bertz CT molecular complexity index is 1090. The van der Waals surface area contributed by atoms with Gasteiger partial charge >= 0.3 is 0 Å². The van der Waals surface area contributed by atoms with Crippen LogP contribution in [-0.4, -0.2) is 57.1 Å². The zero-order valence-electron chi connectivity index (χ0n) is 20.1. The predicted octanol–water partition coefficient (Wildman–Crippen LogP) is 2.93. The molecule has 0 saturated heterocycles. The van der Waals surface area contributed by atoms with Crippen LogP contribution in [0.5, 0.6) is 5.75 Å². The number of nitrogens with one attached hydrogen (secondary N) is 1. The Morgan fingerprint density at radius 1 is 1.12 bits per heavy atom. The first-order valence-electron chi connectivity index (χ1n) is 10.9. The molecule has 0 radical (unpaired) electrons. The van der Waals surface area contributed by atoms with Crippen molar-refractivity contribution >= 4 is 27.5 Å². The highest BCUT2D eigenvalue weighted by atomic mass is 32.2. The largest absolute Gasteiger partial charge is 0.497 e. The molecule has 2 atom stereocenters. The van der Waals surface area contributed by atoms with E-state index in [9.17, 15) is 22.4 Å². The number of ether oxygens (including phenoxy) is 1. The smallest absolute Gasteiger partial charge is 0.244 e. The topological polar surface area (TPSA) is 96.0 Å². The van der Waals surface area contributed by atoms with Gasteiger partial charge < -0.3 is 15.0 Å². The normalized spacial score (nSPS) is 13.0. The van der Waals surface area contributed by atoms with E-state index in [1.54, 1.807) is 38.3 Å². The van der Waals surface area contributed by atoms with Crippen LogP contribution in [0.4, 0.5) is 10.1 Å². The van der Waals surface area contributed by atoms with E-state index >= 15 is 0 Å². The first-order chi connectivity index (χ1) is 16.0. The molecular weight excluding hydrogens is 461 g/mol.